The Balaban J connectivity index is 1.82. The van der Waals surface area contributed by atoms with E-state index in [1.807, 2.05) is 0 Å². The van der Waals surface area contributed by atoms with E-state index < -0.39 is 0 Å². The molecule has 0 atom stereocenters. The molecule has 1 amide bonds. The second kappa shape index (κ2) is 4.09. The minimum Gasteiger partial charge on any atom is -0.334 e. The standard InChI is InChI=1S/C10H16N2O2/c13-9(7-8-1-2-8)10(14)12-5-3-11-4-6-12/h8,11H,1-7H2. The Hall–Kier alpha value is -0.900. The van der Waals surface area contributed by atoms with Gasteiger partial charge >= 0.3 is 0 Å². The van der Waals surface area contributed by atoms with Crippen LogP contribution in [0.3, 0.4) is 0 Å². The van der Waals surface area contributed by atoms with Gasteiger partial charge in [-0.1, -0.05) is 0 Å². The minimum atomic E-state index is -0.265. The van der Waals surface area contributed by atoms with Crippen LogP contribution in [0.15, 0.2) is 0 Å². The van der Waals surface area contributed by atoms with Gasteiger partial charge in [-0.2, -0.15) is 0 Å². The Labute approximate surface area is 83.6 Å². The maximum absolute atomic E-state index is 11.6. The quantitative estimate of drug-likeness (QED) is 0.635. The van der Waals surface area contributed by atoms with Crippen molar-refractivity contribution in [3.05, 3.63) is 0 Å². The topological polar surface area (TPSA) is 49.4 Å². The number of piperazine rings is 1. The maximum Gasteiger partial charge on any atom is 0.290 e. The van der Waals surface area contributed by atoms with Crippen molar-refractivity contribution in [2.24, 2.45) is 5.92 Å². The van der Waals surface area contributed by atoms with Crippen LogP contribution in [-0.4, -0.2) is 42.8 Å². The minimum absolute atomic E-state index is 0.186. The average molecular weight is 196 g/mol. The molecule has 0 aromatic carbocycles. The van der Waals surface area contributed by atoms with Gasteiger partial charge in [-0.15, -0.1) is 0 Å². The first-order chi connectivity index (χ1) is 6.77. The lowest BCUT2D eigenvalue weighted by Crippen LogP contribution is -2.48. The van der Waals surface area contributed by atoms with Gasteiger partial charge in [-0.3, -0.25) is 9.59 Å². The summed E-state index contributed by atoms with van der Waals surface area (Å²) in [5, 5.41) is 3.16. The van der Waals surface area contributed by atoms with Gasteiger partial charge in [0.1, 0.15) is 0 Å². The van der Waals surface area contributed by atoms with E-state index in [0.717, 1.165) is 25.9 Å². The van der Waals surface area contributed by atoms with Crippen LogP contribution in [0.5, 0.6) is 0 Å². The normalized spacial score (nSPS) is 22.1. The largest absolute Gasteiger partial charge is 0.334 e. The van der Waals surface area contributed by atoms with Gasteiger partial charge in [-0.05, 0) is 18.8 Å². The average Bonchev–Trinajstić information content (AvgIpc) is 3.02. The molecule has 0 aromatic rings. The lowest BCUT2D eigenvalue weighted by molar-refractivity contribution is -0.145. The first-order valence-corrected chi connectivity index (χ1v) is 5.30. The van der Waals surface area contributed by atoms with Gasteiger partial charge in [0.15, 0.2) is 0 Å². The highest BCUT2D eigenvalue weighted by molar-refractivity contribution is 6.36. The van der Waals surface area contributed by atoms with Gasteiger partial charge in [0, 0.05) is 32.6 Å². The van der Waals surface area contributed by atoms with Crippen LogP contribution in [0.25, 0.3) is 0 Å². The number of ketones is 1. The summed E-state index contributed by atoms with van der Waals surface area (Å²) in [5.74, 6) is 0.0576. The molecule has 1 N–H and O–H groups in total. The predicted molar refractivity (Wildman–Crippen MR) is 51.8 cm³/mol. The van der Waals surface area contributed by atoms with Crippen molar-refractivity contribution in [3.8, 4) is 0 Å². The Morgan fingerprint density at radius 2 is 1.86 bits per heavy atom. The monoisotopic (exact) mass is 196 g/mol. The Morgan fingerprint density at radius 1 is 1.21 bits per heavy atom. The van der Waals surface area contributed by atoms with Crippen LogP contribution < -0.4 is 5.32 Å². The third kappa shape index (κ3) is 2.32. The van der Waals surface area contributed by atoms with Gasteiger partial charge < -0.3 is 10.2 Å². The summed E-state index contributed by atoms with van der Waals surface area (Å²) in [4.78, 5) is 24.8. The van der Waals surface area contributed by atoms with Crippen LogP contribution in [0.1, 0.15) is 19.3 Å². The molecule has 4 heteroatoms. The molecular formula is C10H16N2O2. The molecule has 1 saturated heterocycles. The predicted octanol–water partition coefficient (Wildman–Crippen LogP) is -0.213. The number of hydrogen-bond donors (Lipinski definition) is 1. The number of nitrogens with zero attached hydrogens (tertiary/aromatic N) is 1. The van der Waals surface area contributed by atoms with Crippen molar-refractivity contribution in [1.29, 1.82) is 0 Å². The van der Waals surface area contributed by atoms with E-state index in [2.05, 4.69) is 5.32 Å². The highest BCUT2D eigenvalue weighted by Crippen LogP contribution is 2.32. The van der Waals surface area contributed by atoms with Crippen LogP contribution in [-0.2, 0) is 9.59 Å². The zero-order valence-corrected chi connectivity index (χ0v) is 8.29. The second-order valence-electron chi connectivity index (χ2n) is 4.11. The molecule has 0 unspecified atom stereocenters. The van der Waals surface area contributed by atoms with E-state index >= 15 is 0 Å². The number of amides is 1. The molecule has 1 heterocycles. The number of rotatable bonds is 3. The summed E-state index contributed by atoms with van der Waals surface area (Å²) in [6, 6.07) is 0. The molecule has 0 aromatic heterocycles. The molecule has 1 aliphatic heterocycles. The maximum atomic E-state index is 11.6. The van der Waals surface area contributed by atoms with Crippen molar-refractivity contribution < 1.29 is 9.59 Å². The van der Waals surface area contributed by atoms with Crippen molar-refractivity contribution in [1.82, 2.24) is 10.2 Å². The lowest BCUT2D eigenvalue weighted by Gasteiger charge is -2.26. The molecule has 14 heavy (non-hydrogen) atoms. The van der Waals surface area contributed by atoms with E-state index in [1.165, 1.54) is 0 Å². The van der Waals surface area contributed by atoms with Gasteiger partial charge in [0.05, 0.1) is 0 Å². The number of carbonyl (C=O) groups excluding carboxylic acids is 2. The SMILES string of the molecule is O=C(CC1CC1)C(=O)N1CCNCC1. The molecule has 78 valence electrons. The number of hydrogen-bond acceptors (Lipinski definition) is 3. The van der Waals surface area contributed by atoms with Gasteiger partial charge in [0.2, 0.25) is 5.78 Å². The van der Waals surface area contributed by atoms with Gasteiger partial charge in [0.25, 0.3) is 5.91 Å². The van der Waals surface area contributed by atoms with E-state index in [-0.39, 0.29) is 11.7 Å². The number of carbonyl (C=O) groups is 2. The highest BCUT2D eigenvalue weighted by Gasteiger charge is 2.30. The third-order valence-corrected chi connectivity index (χ3v) is 2.81. The molecule has 2 aliphatic rings. The molecule has 2 fully saturated rings. The Bertz CT molecular complexity index is 243. The van der Waals surface area contributed by atoms with E-state index in [9.17, 15) is 9.59 Å². The fourth-order valence-corrected chi connectivity index (χ4v) is 1.72. The Morgan fingerprint density at radius 3 is 2.43 bits per heavy atom. The molecule has 2 rings (SSSR count). The van der Waals surface area contributed by atoms with E-state index in [0.29, 0.717) is 25.4 Å². The lowest BCUT2D eigenvalue weighted by atomic mass is 10.2. The molecule has 4 nitrogen and oxygen atoms in total. The molecular weight excluding hydrogens is 180 g/mol. The molecule has 0 radical (unpaired) electrons. The third-order valence-electron chi connectivity index (χ3n) is 2.81. The summed E-state index contributed by atoms with van der Waals surface area (Å²) in [6.45, 7) is 2.97. The zero-order chi connectivity index (χ0) is 9.97. The Kier molecular flexibility index (Phi) is 2.82. The first kappa shape index (κ1) is 9.65. The summed E-state index contributed by atoms with van der Waals surface area (Å²) in [6.07, 6.45) is 2.73. The smallest absolute Gasteiger partial charge is 0.290 e. The van der Waals surface area contributed by atoms with Crippen LogP contribution in [0.4, 0.5) is 0 Å². The summed E-state index contributed by atoms with van der Waals surface area (Å²) >= 11 is 0. The molecule has 1 saturated carbocycles. The summed E-state index contributed by atoms with van der Waals surface area (Å²) in [7, 11) is 0. The van der Waals surface area contributed by atoms with Crippen molar-refractivity contribution in [3.63, 3.8) is 0 Å². The second-order valence-corrected chi connectivity index (χ2v) is 4.11. The fraction of sp³-hybridized carbons (Fsp3) is 0.800. The van der Waals surface area contributed by atoms with Crippen molar-refractivity contribution in [2.75, 3.05) is 26.2 Å². The first-order valence-electron chi connectivity index (χ1n) is 5.30. The van der Waals surface area contributed by atoms with Crippen LogP contribution in [0, 0.1) is 5.92 Å². The molecule has 1 aliphatic carbocycles. The zero-order valence-electron chi connectivity index (χ0n) is 8.29. The summed E-state index contributed by atoms with van der Waals surface area (Å²) < 4.78 is 0. The van der Waals surface area contributed by atoms with Crippen LogP contribution in [0.2, 0.25) is 0 Å². The van der Waals surface area contributed by atoms with E-state index in [1.54, 1.807) is 4.90 Å². The number of Topliss-reactive ketones (excluding diaryl/α,β-unsaturated/α-hetero) is 1. The summed E-state index contributed by atoms with van der Waals surface area (Å²) in [5.41, 5.74) is 0. The van der Waals surface area contributed by atoms with Crippen LogP contribution >= 0.6 is 0 Å². The van der Waals surface area contributed by atoms with Crippen molar-refractivity contribution in [2.45, 2.75) is 19.3 Å². The number of nitrogens with one attached hydrogen (secondary N) is 1. The highest BCUT2D eigenvalue weighted by atomic mass is 16.2. The molecule has 0 bridgehead atoms. The van der Waals surface area contributed by atoms with Crippen molar-refractivity contribution >= 4 is 11.7 Å². The van der Waals surface area contributed by atoms with Gasteiger partial charge in [-0.25, -0.2) is 0 Å². The van der Waals surface area contributed by atoms with E-state index in [4.69, 9.17) is 0 Å². The molecule has 0 spiro atoms. The fourth-order valence-electron chi connectivity index (χ4n) is 1.72.